The first-order valence-corrected chi connectivity index (χ1v) is 10.6. The van der Waals surface area contributed by atoms with Crippen LogP contribution in [0.15, 0.2) is 0 Å². The number of rotatable bonds is 6. The first kappa shape index (κ1) is 18.2. The van der Waals surface area contributed by atoms with Crippen LogP contribution < -0.4 is 0 Å². The summed E-state index contributed by atoms with van der Waals surface area (Å²) in [6.45, 7) is 6.62. The molecule has 0 spiro atoms. The number of carbonyl (C=O) groups is 2. The molecular weight excluding hydrogens is 330 g/mol. The van der Waals surface area contributed by atoms with E-state index in [1.807, 2.05) is 9.80 Å². The Kier molecular flexibility index (Phi) is 5.79. The molecule has 0 aromatic rings. The fourth-order valence-corrected chi connectivity index (χ4v) is 4.69. The summed E-state index contributed by atoms with van der Waals surface area (Å²) in [5, 5.41) is 0. The largest absolute Gasteiger partial charge is 0.381 e. The summed E-state index contributed by atoms with van der Waals surface area (Å²) >= 11 is 0. The van der Waals surface area contributed by atoms with Crippen LogP contribution >= 0.6 is 0 Å². The Labute approximate surface area is 156 Å². The van der Waals surface area contributed by atoms with E-state index in [-0.39, 0.29) is 11.8 Å². The molecule has 0 N–H and O–H groups in total. The zero-order chi connectivity index (χ0) is 17.9. The first-order chi connectivity index (χ1) is 12.7. The number of piperidine rings is 1. The second kappa shape index (κ2) is 8.26. The van der Waals surface area contributed by atoms with Crippen molar-refractivity contribution in [3.63, 3.8) is 0 Å². The Hall–Kier alpha value is -1.14. The molecule has 1 atom stereocenters. The molecule has 26 heavy (non-hydrogen) atoms. The lowest BCUT2D eigenvalue weighted by atomic mass is 9.95. The normalized spacial score (nSPS) is 27.5. The van der Waals surface area contributed by atoms with Crippen molar-refractivity contribution < 1.29 is 14.3 Å². The molecule has 146 valence electrons. The Bertz CT molecular complexity index is 502. The van der Waals surface area contributed by atoms with E-state index in [0.717, 1.165) is 78.0 Å². The summed E-state index contributed by atoms with van der Waals surface area (Å²) in [5.74, 6) is 1.30. The van der Waals surface area contributed by atoms with Crippen LogP contribution in [0.1, 0.15) is 44.9 Å². The van der Waals surface area contributed by atoms with Gasteiger partial charge in [0.2, 0.25) is 11.8 Å². The van der Waals surface area contributed by atoms with E-state index < -0.39 is 0 Å². The standard InChI is InChI=1S/C20H33N3O3/c24-19(14-23(18-3-4-18)13-16-7-12-26-15-16)21-10-5-17(6-11-21)20(25)22-8-1-2-9-22/h16-18H,1-15H2. The lowest BCUT2D eigenvalue weighted by Gasteiger charge is -2.34. The van der Waals surface area contributed by atoms with Gasteiger partial charge in [0.25, 0.3) is 0 Å². The fourth-order valence-electron chi connectivity index (χ4n) is 4.69. The molecule has 6 heteroatoms. The number of likely N-dealkylation sites (tertiary alicyclic amines) is 2. The fraction of sp³-hybridized carbons (Fsp3) is 0.900. The first-order valence-electron chi connectivity index (χ1n) is 10.6. The Morgan fingerprint density at radius 3 is 2.27 bits per heavy atom. The molecule has 1 unspecified atom stereocenters. The van der Waals surface area contributed by atoms with Crippen LogP contribution in [-0.4, -0.2) is 85.0 Å². The lowest BCUT2D eigenvalue weighted by Crippen LogP contribution is -2.47. The maximum Gasteiger partial charge on any atom is 0.236 e. The highest BCUT2D eigenvalue weighted by Gasteiger charge is 2.35. The molecule has 0 aromatic carbocycles. The van der Waals surface area contributed by atoms with Crippen molar-refractivity contribution in [1.29, 1.82) is 0 Å². The minimum Gasteiger partial charge on any atom is -0.381 e. The van der Waals surface area contributed by atoms with Crippen molar-refractivity contribution in [3.8, 4) is 0 Å². The summed E-state index contributed by atoms with van der Waals surface area (Å²) in [6.07, 6.45) is 7.54. The second-order valence-electron chi connectivity index (χ2n) is 8.58. The summed E-state index contributed by atoms with van der Waals surface area (Å²) in [7, 11) is 0. The summed E-state index contributed by atoms with van der Waals surface area (Å²) in [6, 6.07) is 0.605. The van der Waals surface area contributed by atoms with E-state index in [1.165, 1.54) is 12.8 Å². The molecule has 1 saturated carbocycles. The van der Waals surface area contributed by atoms with Gasteiger partial charge in [-0.25, -0.2) is 0 Å². The minimum atomic E-state index is 0.132. The number of hydrogen-bond donors (Lipinski definition) is 0. The third-order valence-electron chi connectivity index (χ3n) is 6.53. The van der Waals surface area contributed by atoms with Gasteiger partial charge in [-0.1, -0.05) is 0 Å². The SMILES string of the molecule is O=C(CN(CC1CCOC1)C1CC1)N1CCC(C(=O)N2CCCC2)CC1. The van der Waals surface area contributed by atoms with E-state index in [0.29, 0.717) is 24.4 Å². The average molecular weight is 364 g/mol. The quantitative estimate of drug-likeness (QED) is 0.715. The van der Waals surface area contributed by atoms with Gasteiger partial charge >= 0.3 is 0 Å². The van der Waals surface area contributed by atoms with Gasteiger partial charge in [-0.15, -0.1) is 0 Å². The lowest BCUT2D eigenvalue weighted by molar-refractivity contribution is -0.140. The molecule has 0 radical (unpaired) electrons. The van der Waals surface area contributed by atoms with Crippen molar-refractivity contribution in [1.82, 2.24) is 14.7 Å². The van der Waals surface area contributed by atoms with Gasteiger partial charge in [-0.05, 0) is 50.9 Å². The third kappa shape index (κ3) is 4.39. The smallest absolute Gasteiger partial charge is 0.236 e. The van der Waals surface area contributed by atoms with Gasteiger partial charge in [-0.2, -0.15) is 0 Å². The zero-order valence-corrected chi connectivity index (χ0v) is 15.9. The van der Waals surface area contributed by atoms with Crippen LogP contribution in [-0.2, 0) is 14.3 Å². The number of hydrogen-bond acceptors (Lipinski definition) is 4. The molecule has 2 amide bonds. The van der Waals surface area contributed by atoms with Crippen molar-refractivity contribution in [2.75, 3.05) is 52.5 Å². The molecule has 4 aliphatic rings. The van der Waals surface area contributed by atoms with Gasteiger partial charge in [-0.3, -0.25) is 14.5 Å². The predicted molar refractivity (Wildman–Crippen MR) is 98.6 cm³/mol. The topological polar surface area (TPSA) is 53.1 Å². The maximum atomic E-state index is 12.8. The number of ether oxygens (including phenoxy) is 1. The summed E-state index contributed by atoms with van der Waals surface area (Å²) < 4.78 is 5.50. The van der Waals surface area contributed by atoms with Crippen LogP contribution in [0, 0.1) is 11.8 Å². The molecule has 4 rings (SSSR count). The van der Waals surface area contributed by atoms with Crippen molar-refractivity contribution in [3.05, 3.63) is 0 Å². The monoisotopic (exact) mass is 363 g/mol. The zero-order valence-electron chi connectivity index (χ0n) is 15.9. The van der Waals surface area contributed by atoms with Crippen molar-refractivity contribution in [2.45, 2.75) is 51.0 Å². The molecule has 3 heterocycles. The van der Waals surface area contributed by atoms with Crippen molar-refractivity contribution in [2.24, 2.45) is 11.8 Å². The Morgan fingerprint density at radius 2 is 1.65 bits per heavy atom. The van der Waals surface area contributed by atoms with E-state index in [4.69, 9.17) is 4.74 Å². The van der Waals surface area contributed by atoms with Gasteiger partial charge < -0.3 is 14.5 Å². The van der Waals surface area contributed by atoms with Gasteiger partial charge in [0.05, 0.1) is 13.2 Å². The molecule has 3 saturated heterocycles. The predicted octanol–water partition coefficient (Wildman–Crippen LogP) is 1.35. The molecule has 6 nitrogen and oxygen atoms in total. The van der Waals surface area contributed by atoms with Gasteiger partial charge in [0.1, 0.15) is 0 Å². The molecule has 3 aliphatic heterocycles. The molecule has 4 fully saturated rings. The highest BCUT2D eigenvalue weighted by Crippen LogP contribution is 2.29. The number of carbonyl (C=O) groups excluding carboxylic acids is 2. The average Bonchev–Trinajstić information content (AvgIpc) is 3.13. The van der Waals surface area contributed by atoms with E-state index >= 15 is 0 Å². The summed E-state index contributed by atoms with van der Waals surface area (Å²) in [4.78, 5) is 31.8. The van der Waals surface area contributed by atoms with Crippen LogP contribution in [0.2, 0.25) is 0 Å². The van der Waals surface area contributed by atoms with Crippen LogP contribution in [0.5, 0.6) is 0 Å². The van der Waals surface area contributed by atoms with Crippen LogP contribution in [0.25, 0.3) is 0 Å². The van der Waals surface area contributed by atoms with Gasteiger partial charge in [0, 0.05) is 51.3 Å². The Morgan fingerprint density at radius 1 is 0.923 bits per heavy atom. The highest BCUT2D eigenvalue weighted by atomic mass is 16.5. The van der Waals surface area contributed by atoms with E-state index in [1.54, 1.807) is 0 Å². The molecule has 0 aromatic heterocycles. The highest BCUT2D eigenvalue weighted by molar-refractivity contribution is 5.81. The van der Waals surface area contributed by atoms with E-state index in [2.05, 4.69) is 4.90 Å². The Balaban J connectivity index is 1.24. The van der Waals surface area contributed by atoms with Crippen molar-refractivity contribution >= 4 is 11.8 Å². The van der Waals surface area contributed by atoms with Gasteiger partial charge in [0.15, 0.2) is 0 Å². The number of amides is 2. The van der Waals surface area contributed by atoms with E-state index in [9.17, 15) is 9.59 Å². The number of nitrogens with zero attached hydrogens (tertiary/aromatic N) is 3. The minimum absolute atomic E-state index is 0.132. The maximum absolute atomic E-state index is 12.8. The summed E-state index contributed by atoms with van der Waals surface area (Å²) in [5.41, 5.74) is 0. The molecule has 0 bridgehead atoms. The molecule has 1 aliphatic carbocycles. The van der Waals surface area contributed by atoms with Crippen LogP contribution in [0.3, 0.4) is 0 Å². The van der Waals surface area contributed by atoms with Crippen LogP contribution in [0.4, 0.5) is 0 Å². The third-order valence-corrected chi connectivity index (χ3v) is 6.53. The molecular formula is C20H33N3O3. The second-order valence-corrected chi connectivity index (χ2v) is 8.58.